The van der Waals surface area contributed by atoms with Crippen molar-refractivity contribution >= 4 is 17.6 Å². The van der Waals surface area contributed by atoms with Crippen molar-refractivity contribution in [3.8, 4) is 11.5 Å². The van der Waals surface area contributed by atoms with Crippen molar-refractivity contribution < 1.29 is 23.8 Å². The van der Waals surface area contributed by atoms with E-state index in [2.05, 4.69) is 5.32 Å². The molecule has 136 valence electrons. The summed E-state index contributed by atoms with van der Waals surface area (Å²) in [5, 5.41) is 2.87. The lowest BCUT2D eigenvalue weighted by atomic mass is 9.95. The Bertz CT molecular complexity index is 800. The van der Waals surface area contributed by atoms with Crippen LogP contribution in [0, 0.1) is 5.92 Å². The molecule has 0 bridgehead atoms. The molecule has 0 saturated carbocycles. The third kappa shape index (κ3) is 3.96. The largest absolute Gasteiger partial charge is 0.497 e. The maximum Gasteiger partial charge on any atom is 0.338 e. The minimum absolute atomic E-state index is 0.123. The number of hydrogen-bond donors (Lipinski definition) is 1. The molecule has 1 heterocycles. The van der Waals surface area contributed by atoms with Crippen LogP contribution in [0.3, 0.4) is 0 Å². The molecule has 0 spiro atoms. The average Bonchev–Trinajstić information content (AvgIpc) is 2.67. The lowest BCUT2D eigenvalue weighted by Crippen LogP contribution is -2.32. The predicted molar refractivity (Wildman–Crippen MR) is 96.7 cm³/mol. The lowest BCUT2D eigenvalue weighted by molar-refractivity contribution is -0.121. The summed E-state index contributed by atoms with van der Waals surface area (Å²) in [4.78, 5) is 24.2. The normalized spacial score (nSPS) is 15.4. The SMILES string of the molecule is CCOC(=O)c1ccc(NC(=O)C2COc3ccc(OC)cc3C2)cc1. The Hall–Kier alpha value is -3.02. The third-order valence-corrected chi connectivity index (χ3v) is 4.21. The molecule has 1 atom stereocenters. The van der Waals surface area contributed by atoms with E-state index in [1.165, 1.54) is 0 Å². The van der Waals surface area contributed by atoms with Crippen molar-refractivity contribution in [1.82, 2.24) is 0 Å². The van der Waals surface area contributed by atoms with E-state index in [0.29, 0.717) is 30.9 Å². The van der Waals surface area contributed by atoms with Crippen molar-refractivity contribution in [2.24, 2.45) is 5.92 Å². The Morgan fingerprint density at radius 3 is 2.65 bits per heavy atom. The van der Waals surface area contributed by atoms with Gasteiger partial charge in [-0.15, -0.1) is 0 Å². The van der Waals surface area contributed by atoms with Crippen LogP contribution >= 0.6 is 0 Å². The summed E-state index contributed by atoms with van der Waals surface area (Å²) in [5.74, 6) is 0.731. The van der Waals surface area contributed by atoms with Gasteiger partial charge in [0.05, 0.1) is 25.2 Å². The number of nitrogens with one attached hydrogen (secondary N) is 1. The van der Waals surface area contributed by atoms with Crippen LogP contribution in [0.25, 0.3) is 0 Å². The summed E-state index contributed by atoms with van der Waals surface area (Å²) in [5.41, 5.74) is 2.03. The second kappa shape index (κ2) is 7.91. The van der Waals surface area contributed by atoms with E-state index in [1.54, 1.807) is 38.3 Å². The molecule has 2 aromatic carbocycles. The maximum absolute atomic E-state index is 12.5. The lowest BCUT2D eigenvalue weighted by Gasteiger charge is -2.25. The number of carbonyl (C=O) groups is 2. The van der Waals surface area contributed by atoms with Crippen molar-refractivity contribution in [2.45, 2.75) is 13.3 Å². The molecule has 1 unspecified atom stereocenters. The van der Waals surface area contributed by atoms with E-state index in [1.807, 2.05) is 18.2 Å². The first-order valence-corrected chi connectivity index (χ1v) is 8.48. The summed E-state index contributed by atoms with van der Waals surface area (Å²) in [6.07, 6.45) is 0.583. The van der Waals surface area contributed by atoms with Crippen LogP contribution in [0.4, 0.5) is 5.69 Å². The Morgan fingerprint density at radius 2 is 1.96 bits per heavy atom. The Kier molecular flexibility index (Phi) is 5.41. The van der Waals surface area contributed by atoms with Gasteiger partial charge in [0, 0.05) is 5.69 Å². The summed E-state index contributed by atoms with van der Waals surface area (Å²) >= 11 is 0. The highest BCUT2D eigenvalue weighted by molar-refractivity contribution is 5.94. The Balaban J connectivity index is 1.64. The monoisotopic (exact) mass is 355 g/mol. The Morgan fingerprint density at radius 1 is 1.19 bits per heavy atom. The van der Waals surface area contributed by atoms with Crippen LogP contribution in [0.2, 0.25) is 0 Å². The van der Waals surface area contributed by atoms with E-state index in [0.717, 1.165) is 17.1 Å². The zero-order valence-corrected chi connectivity index (χ0v) is 14.8. The molecule has 0 aliphatic carbocycles. The number of benzene rings is 2. The quantitative estimate of drug-likeness (QED) is 0.835. The highest BCUT2D eigenvalue weighted by Crippen LogP contribution is 2.31. The fourth-order valence-electron chi connectivity index (χ4n) is 2.81. The first-order valence-electron chi connectivity index (χ1n) is 8.48. The van der Waals surface area contributed by atoms with Crippen molar-refractivity contribution in [2.75, 3.05) is 25.6 Å². The number of esters is 1. The zero-order chi connectivity index (χ0) is 18.5. The van der Waals surface area contributed by atoms with Gasteiger partial charge >= 0.3 is 5.97 Å². The number of ether oxygens (including phenoxy) is 3. The molecule has 6 heteroatoms. The van der Waals surface area contributed by atoms with Crippen LogP contribution in [-0.2, 0) is 16.0 Å². The van der Waals surface area contributed by atoms with Crippen LogP contribution in [0.15, 0.2) is 42.5 Å². The number of rotatable bonds is 5. The standard InChI is InChI=1S/C20H21NO5/c1-3-25-20(23)13-4-6-16(7-5-13)21-19(22)15-10-14-11-17(24-2)8-9-18(14)26-12-15/h4-9,11,15H,3,10,12H2,1-2H3,(H,21,22). The highest BCUT2D eigenvalue weighted by atomic mass is 16.5. The second-order valence-electron chi connectivity index (χ2n) is 5.97. The zero-order valence-electron chi connectivity index (χ0n) is 14.8. The van der Waals surface area contributed by atoms with Gasteiger partial charge in [-0.3, -0.25) is 4.79 Å². The molecule has 0 aromatic heterocycles. The van der Waals surface area contributed by atoms with E-state index in [4.69, 9.17) is 14.2 Å². The maximum atomic E-state index is 12.5. The summed E-state index contributed by atoms with van der Waals surface area (Å²) in [7, 11) is 1.61. The second-order valence-corrected chi connectivity index (χ2v) is 5.97. The minimum atomic E-state index is -0.378. The van der Waals surface area contributed by atoms with Gasteiger partial charge < -0.3 is 19.5 Å². The smallest absolute Gasteiger partial charge is 0.338 e. The molecule has 2 aromatic rings. The highest BCUT2D eigenvalue weighted by Gasteiger charge is 2.26. The Labute approximate surface area is 152 Å². The summed E-state index contributed by atoms with van der Waals surface area (Å²) in [6.45, 7) is 2.41. The molecule has 3 rings (SSSR count). The van der Waals surface area contributed by atoms with Crippen LogP contribution in [-0.4, -0.2) is 32.2 Å². The number of hydrogen-bond acceptors (Lipinski definition) is 5. The first kappa shape index (κ1) is 17.8. The van der Waals surface area contributed by atoms with E-state index >= 15 is 0 Å². The van der Waals surface area contributed by atoms with Crippen molar-refractivity contribution in [1.29, 1.82) is 0 Å². The van der Waals surface area contributed by atoms with Crippen LogP contribution in [0.5, 0.6) is 11.5 Å². The van der Waals surface area contributed by atoms with Gasteiger partial charge in [-0.05, 0) is 61.4 Å². The molecule has 1 amide bonds. The molecule has 0 fully saturated rings. The molecule has 0 radical (unpaired) electrons. The number of fused-ring (bicyclic) bond motifs is 1. The number of methoxy groups -OCH3 is 1. The molecule has 1 aliphatic heterocycles. The molecule has 6 nitrogen and oxygen atoms in total. The van der Waals surface area contributed by atoms with E-state index in [9.17, 15) is 9.59 Å². The number of amides is 1. The van der Waals surface area contributed by atoms with Crippen molar-refractivity contribution in [3.05, 3.63) is 53.6 Å². The van der Waals surface area contributed by atoms with Gasteiger partial charge in [0.15, 0.2) is 0 Å². The van der Waals surface area contributed by atoms with E-state index in [-0.39, 0.29) is 17.8 Å². The fraction of sp³-hybridized carbons (Fsp3) is 0.300. The van der Waals surface area contributed by atoms with Gasteiger partial charge in [0.1, 0.15) is 18.1 Å². The molecular formula is C20H21NO5. The van der Waals surface area contributed by atoms with Gasteiger partial charge in [-0.1, -0.05) is 0 Å². The van der Waals surface area contributed by atoms with Crippen LogP contribution < -0.4 is 14.8 Å². The van der Waals surface area contributed by atoms with Crippen LogP contribution in [0.1, 0.15) is 22.8 Å². The molecule has 0 saturated heterocycles. The minimum Gasteiger partial charge on any atom is -0.497 e. The molecule has 26 heavy (non-hydrogen) atoms. The van der Waals surface area contributed by atoms with Crippen molar-refractivity contribution in [3.63, 3.8) is 0 Å². The third-order valence-electron chi connectivity index (χ3n) is 4.21. The fourth-order valence-corrected chi connectivity index (χ4v) is 2.81. The topological polar surface area (TPSA) is 73.9 Å². The molecular weight excluding hydrogens is 334 g/mol. The summed E-state index contributed by atoms with van der Waals surface area (Å²) in [6, 6.07) is 12.2. The average molecular weight is 355 g/mol. The van der Waals surface area contributed by atoms with Gasteiger partial charge in [0.2, 0.25) is 5.91 Å². The molecule has 1 aliphatic rings. The number of anilines is 1. The molecule has 1 N–H and O–H groups in total. The summed E-state index contributed by atoms with van der Waals surface area (Å²) < 4.78 is 15.9. The first-order chi connectivity index (χ1) is 12.6. The van der Waals surface area contributed by atoms with Gasteiger partial charge in [0.25, 0.3) is 0 Å². The predicted octanol–water partition coefficient (Wildman–Crippen LogP) is 3.06. The van der Waals surface area contributed by atoms with Gasteiger partial charge in [-0.2, -0.15) is 0 Å². The van der Waals surface area contributed by atoms with E-state index < -0.39 is 0 Å². The number of carbonyl (C=O) groups excluding carboxylic acids is 2. The van der Waals surface area contributed by atoms with Gasteiger partial charge in [-0.25, -0.2) is 4.79 Å².